The summed E-state index contributed by atoms with van der Waals surface area (Å²) in [5.41, 5.74) is 0.583. The van der Waals surface area contributed by atoms with E-state index in [-0.39, 0.29) is 22.9 Å². The van der Waals surface area contributed by atoms with Crippen LogP contribution >= 0.6 is 0 Å². The summed E-state index contributed by atoms with van der Waals surface area (Å²) in [7, 11) is 0. The van der Waals surface area contributed by atoms with E-state index in [9.17, 15) is 9.90 Å². The molecule has 164 valence electrons. The molecule has 0 spiro atoms. The van der Waals surface area contributed by atoms with Crippen molar-refractivity contribution < 1.29 is 9.90 Å². The van der Waals surface area contributed by atoms with Gasteiger partial charge in [0.1, 0.15) is 5.78 Å². The Morgan fingerprint density at radius 2 is 1.72 bits per heavy atom. The van der Waals surface area contributed by atoms with E-state index >= 15 is 0 Å². The van der Waals surface area contributed by atoms with E-state index in [4.69, 9.17) is 0 Å². The van der Waals surface area contributed by atoms with Crippen molar-refractivity contribution in [2.24, 2.45) is 39.9 Å². The van der Waals surface area contributed by atoms with Crippen molar-refractivity contribution in [3.05, 3.63) is 0 Å². The average molecular weight is 402 g/mol. The third-order valence-corrected chi connectivity index (χ3v) is 11.1. The molecule has 5 aliphatic rings. The Kier molecular flexibility index (Phi) is 4.98. The van der Waals surface area contributed by atoms with Gasteiger partial charge in [-0.3, -0.25) is 4.79 Å². The van der Waals surface area contributed by atoms with Crippen LogP contribution < -0.4 is 0 Å². The first-order valence-electron chi connectivity index (χ1n) is 12.7. The maximum absolute atomic E-state index is 13.6. The molecule has 1 N–H and O–H groups in total. The Bertz CT molecular complexity index is 657. The molecular weight excluding hydrogens is 358 g/mol. The van der Waals surface area contributed by atoms with Gasteiger partial charge in [0.15, 0.2) is 0 Å². The van der Waals surface area contributed by atoms with Crippen molar-refractivity contribution in [2.45, 2.75) is 97.5 Å². The maximum Gasteiger partial charge on any atom is 0.143 e. The third-order valence-electron chi connectivity index (χ3n) is 11.1. The van der Waals surface area contributed by atoms with Crippen LogP contribution in [0.25, 0.3) is 0 Å². The van der Waals surface area contributed by atoms with E-state index in [0.717, 1.165) is 44.1 Å². The lowest BCUT2D eigenvalue weighted by atomic mass is 9.40. The van der Waals surface area contributed by atoms with Gasteiger partial charge in [0, 0.05) is 17.9 Å². The van der Waals surface area contributed by atoms with Crippen LogP contribution in [0.15, 0.2) is 0 Å². The molecule has 1 heterocycles. The monoisotopic (exact) mass is 401 g/mol. The van der Waals surface area contributed by atoms with Crippen LogP contribution in [0.4, 0.5) is 0 Å². The summed E-state index contributed by atoms with van der Waals surface area (Å²) in [6.45, 7) is 10.8. The molecule has 5 rings (SSSR count). The number of aliphatic hydroxyl groups excluding tert-OH is 1. The number of fused-ring (bicyclic) bond motifs is 5. The van der Waals surface area contributed by atoms with Crippen LogP contribution in [-0.2, 0) is 4.79 Å². The first-order chi connectivity index (χ1) is 13.8. The number of carbonyl (C=O) groups is 1. The Morgan fingerprint density at radius 3 is 2.48 bits per heavy atom. The molecule has 0 aromatic heterocycles. The summed E-state index contributed by atoms with van der Waals surface area (Å²) < 4.78 is 0. The Balaban J connectivity index is 1.37. The van der Waals surface area contributed by atoms with E-state index < -0.39 is 0 Å². The Morgan fingerprint density at radius 1 is 0.966 bits per heavy atom. The molecule has 0 aromatic carbocycles. The number of likely N-dealkylation sites (tertiary alicyclic amines) is 1. The fourth-order valence-corrected chi connectivity index (χ4v) is 9.16. The SMILES string of the molecule is C[C@@]12CC[C@@H]3[C@H]4C[C@H](CN5CCCCC5)C(=O)[C@]4(C)CC[C@H]3[C@]1(C)CC[C@H](O)C2. The zero-order chi connectivity index (χ0) is 20.4. The number of nitrogens with zero attached hydrogens (tertiary/aromatic N) is 1. The second-order valence-electron chi connectivity index (χ2n) is 12.4. The highest BCUT2D eigenvalue weighted by molar-refractivity contribution is 5.89. The lowest BCUT2D eigenvalue weighted by Gasteiger charge is -2.64. The van der Waals surface area contributed by atoms with Crippen molar-refractivity contribution in [3.8, 4) is 0 Å². The molecule has 0 bridgehead atoms. The van der Waals surface area contributed by atoms with Crippen LogP contribution in [0.3, 0.4) is 0 Å². The number of rotatable bonds is 2. The zero-order valence-corrected chi connectivity index (χ0v) is 19.1. The summed E-state index contributed by atoms with van der Waals surface area (Å²) >= 11 is 0. The van der Waals surface area contributed by atoms with Gasteiger partial charge in [-0.05, 0) is 106 Å². The number of carbonyl (C=O) groups excluding carboxylic acids is 1. The maximum atomic E-state index is 13.6. The number of hydrogen-bond donors (Lipinski definition) is 1. The lowest BCUT2D eigenvalue weighted by Crippen LogP contribution is -2.58. The highest BCUT2D eigenvalue weighted by Crippen LogP contribution is 2.69. The zero-order valence-electron chi connectivity index (χ0n) is 19.1. The molecule has 1 saturated heterocycles. The predicted octanol–water partition coefficient (Wildman–Crippen LogP) is 5.06. The normalized spacial score (nSPS) is 53.2. The van der Waals surface area contributed by atoms with E-state index in [1.807, 2.05) is 0 Å². The number of Topliss-reactive ketones (excluding diaryl/α,β-unsaturated/α-hetero) is 1. The molecule has 29 heavy (non-hydrogen) atoms. The van der Waals surface area contributed by atoms with Crippen molar-refractivity contribution in [2.75, 3.05) is 19.6 Å². The quantitative estimate of drug-likeness (QED) is 0.703. The minimum atomic E-state index is -0.0968. The first-order valence-corrected chi connectivity index (χ1v) is 12.7. The standard InChI is InChI=1S/C26H43NO2/c1-24-10-8-20-21(26(24,3)12-7-19(28)16-24)9-11-25(2)22(20)15-18(23(25)29)17-27-13-5-4-6-14-27/h18-22,28H,4-17H2,1-3H3/t18-,19+,20+,21-,22-,24+,25-,26+/m1/s1. The highest BCUT2D eigenvalue weighted by Gasteiger charge is 2.64. The summed E-state index contributed by atoms with van der Waals surface area (Å²) in [6.07, 6.45) is 13.1. The molecule has 1 aliphatic heterocycles. The molecule has 0 unspecified atom stereocenters. The van der Waals surface area contributed by atoms with E-state index in [2.05, 4.69) is 25.7 Å². The first kappa shape index (κ1) is 20.5. The average Bonchev–Trinajstić information content (AvgIpc) is 2.95. The molecular formula is C26H43NO2. The molecule has 4 aliphatic carbocycles. The fourth-order valence-electron chi connectivity index (χ4n) is 9.16. The molecule has 0 radical (unpaired) electrons. The van der Waals surface area contributed by atoms with Crippen molar-refractivity contribution in [1.29, 1.82) is 0 Å². The van der Waals surface area contributed by atoms with Gasteiger partial charge in [0.2, 0.25) is 0 Å². The van der Waals surface area contributed by atoms with Crippen LogP contribution in [0.2, 0.25) is 0 Å². The van der Waals surface area contributed by atoms with Gasteiger partial charge in [0.25, 0.3) is 0 Å². The lowest BCUT2D eigenvalue weighted by molar-refractivity contribution is -0.169. The third kappa shape index (κ3) is 3.00. The number of ketones is 1. The molecule has 4 saturated carbocycles. The Hall–Kier alpha value is -0.410. The number of hydrogen-bond acceptors (Lipinski definition) is 3. The van der Waals surface area contributed by atoms with E-state index in [1.54, 1.807) is 0 Å². The molecule has 0 amide bonds. The second-order valence-corrected chi connectivity index (χ2v) is 12.4. The van der Waals surface area contributed by atoms with Gasteiger partial charge in [0.05, 0.1) is 6.10 Å². The van der Waals surface area contributed by atoms with Gasteiger partial charge in [-0.1, -0.05) is 27.2 Å². The molecule has 0 aromatic rings. The van der Waals surface area contributed by atoms with Crippen molar-refractivity contribution in [1.82, 2.24) is 4.90 Å². The summed E-state index contributed by atoms with van der Waals surface area (Å²) in [5.74, 6) is 3.00. The van der Waals surface area contributed by atoms with E-state index in [1.165, 1.54) is 58.0 Å². The minimum absolute atomic E-state index is 0.0557. The fraction of sp³-hybridized carbons (Fsp3) is 0.962. The predicted molar refractivity (Wildman–Crippen MR) is 117 cm³/mol. The Labute approximate surface area is 178 Å². The van der Waals surface area contributed by atoms with Gasteiger partial charge >= 0.3 is 0 Å². The summed E-state index contributed by atoms with van der Waals surface area (Å²) in [6, 6.07) is 0. The number of aliphatic hydroxyl groups is 1. The molecule has 3 heteroatoms. The second kappa shape index (κ2) is 7.05. The molecule has 8 atom stereocenters. The highest BCUT2D eigenvalue weighted by atomic mass is 16.3. The van der Waals surface area contributed by atoms with Crippen LogP contribution in [-0.4, -0.2) is 41.5 Å². The summed E-state index contributed by atoms with van der Waals surface area (Å²) in [4.78, 5) is 16.2. The summed E-state index contributed by atoms with van der Waals surface area (Å²) in [5, 5.41) is 10.4. The van der Waals surface area contributed by atoms with Crippen LogP contribution in [0.1, 0.15) is 91.4 Å². The van der Waals surface area contributed by atoms with Gasteiger partial charge in [-0.25, -0.2) is 0 Å². The molecule has 5 fully saturated rings. The van der Waals surface area contributed by atoms with E-state index in [0.29, 0.717) is 17.1 Å². The topological polar surface area (TPSA) is 40.5 Å². The minimum Gasteiger partial charge on any atom is -0.393 e. The van der Waals surface area contributed by atoms with Gasteiger partial charge in [-0.2, -0.15) is 0 Å². The largest absolute Gasteiger partial charge is 0.393 e. The van der Waals surface area contributed by atoms with Gasteiger partial charge in [-0.15, -0.1) is 0 Å². The molecule has 3 nitrogen and oxygen atoms in total. The van der Waals surface area contributed by atoms with Crippen molar-refractivity contribution >= 4 is 5.78 Å². The van der Waals surface area contributed by atoms with Crippen molar-refractivity contribution in [3.63, 3.8) is 0 Å². The van der Waals surface area contributed by atoms with Crippen LogP contribution in [0.5, 0.6) is 0 Å². The van der Waals surface area contributed by atoms with Crippen LogP contribution in [0, 0.1) is 39.9 Å². The smallest absolute Gasteiger partial charge is 0.143 e. The number of piperidine rings is 1. The van der Waals surface area contributed by atoms with Gasteiger partial charge < -0.3 is 10.0 Å².